The summed E-state index contributed by atoms with van der Waals surface area (Å²) in [7, 11) is 0. The summed E-state index contributed by atoms with van der Waals surface area (Å²) >= 11 is 5.86. The van der Waals surface area contributed by atoms with Gasteiger partial charge in [0.25, 0.3) is 0 Å². The summed E-state index contributed by atoms with van der Waals surface area (Å²) in [5.41, 5.74) is 1.01. The van der Waals surface area contributed by atoms with E-state index >= 15 is 0 Å². The average molecular weight is 334 g/mol. The average Bonchev–Trinajstić information content (AvgIpc) is 3.00. The second-order valence-electron chi connectivity index (χ2n) is 6.15. The lowest BCUT2D eigenvalue weighted by Crippen LogP contribution is -2.41. The predicted octanol–water partition coefficient (Wildman–Crippen LogP) is 3.62. The van der Waals surface area contributed by atoms with Crippen molar-refractivity contribution in [2.24, 2.45) is 5.92 Å². The number of rotatable bonds is 4. The molecular weight excluding hydrogens is 314 g/mol. The number of nitrogens with one attached hydrogen (secondary N) is 1. The van der Waals surface area contributed by atoms with Gasteiger partial charge in [-0.2, -0.15) is 0 Å². The molecule has 2 aromatic rings. The fraction of sp³-hybridized carbons (Fsp3) is 0.471. The zero-order chi connectivity index (χ0) is 16.2. The molecule has 0 unspecified atom stereocenters. The van der Waals surface area contributed by atoms with Gasteiger partial charge >= 0.3 is 11.8 Å². The Hall–Kier alpha value is -1.88. The van der Waals surface area contributed by atoms with E-state index in [0.29, 0.717) is 23.3 Å². The van der Waals surface area contributed by atoms with Gasteiger partial charge in [0.1, 0.15) is 0 Å². The smallest absolute Gasteiger partial charge is 0.309 e. The number of amides is 1. The minimum atomic E-state index is -0.279. The highest BCUT2D eigenvalue weighted by atomic mass is 35.5. The maximum Gasteiger partial charge on any atom is 0.309 e. The van der Waals surface area contributed by atoms with Gasteiger partial charge in [-0.3, -0.25) is 4.79 Å². The number of hydrogen-bond acceptors (Lipinski definition) is 4. The van der Waals surface area contributed by atoms with Crippen LogP contribution in [0.2, 0.25) is 5.02 Å². The third kappa shape index (κ3) is 4.10. The van der Waals surface area contributed by atoms with Gasteiger partial charge in [0.05, 0.1) is 6.42 Å². The number of carbonyl (C=O) groups is 1. The number of benzene rings is 1. The molecule has 1 aromatic carbocycles. The number of aromatic nitrogens is 2. The lowest BCUT2D eigenvalue weighted by atomic mass is 9.86. The fourth-order valence-electron chi connectivity index (χ4n) is 2.95. The molecule has 2 atom stereocenters. The predicted molar refractivity (Wildman–Crippen MR) is 87.4 cm³/mol. The second-order valence-corrected chi connectivity index (χ2v) is 6.58. The Morgan fingerprint density at radius 3 is 2.74 bits per heavy atom. The summed E-state index contributed by atoms with van der Waals surface area (Å²) in [5.74, 6) is 0.670. The Bertz CT molecular complexity index is 669. The van der Waals surface area contributed by atoms with Crippen molar-refractivity contribution in [1.29, 1.82) is 0 Å². The molecule has 0 spiro atoms. The van der Waals surface area contributed by atoms with Gasteiger partial charge in [0.15, 0.2) is 0 Å². The van der Waals surface area contributed by atoms with Gasteiger partial charge in [-0.05, 0) is 36.5 Å². The molecule has 122 valence electrons. The Morgan fingerprint density at radius 1 is 1.26 bits per heavy atom. The Kier molecular flexibility index (Phi) is 4.96. The number of carbonyl (C=O) groups excluding carboxylic acids is 1. The van der Waals surface area contributed by atoms with E-state index in [1.54, 1.807) is 0 Å². The molecule has 1 aromatic heterocycles. The van der Waals surface area contributed by atoms with Crippen LogP contribution < -0.4 is 5.32 Å². The summed E-state index contributed by atoms with van der Waals surface area (Å²) in [6.07, 6.45) is 5.03. The van der Waals surface area contributed by atoms with Crippen LogP contribution in [0.5, 0.6) is 0 Å². The van der Waals surface area contributed by atoms with Crippen LogP contribution in [0.1, 0.15) is 54.7 Å². The maximum absolute atomic E-state index is 12.2. The van der Waals surface area contributed by atoms with Crippen LogP contribution in [-0.2, 0) is 6.42 Å². The topological polar surface area (TPSA) is 68.0 Å². The van der Waals surface area contributed by atoms with E-state index in [1.807, 2.05) is 24.3 Å². The van der Waals surface area contributed by atoms with E-state index in [9.17, 15) is 4.79 Å². The van der Waals surface area contributed by atoms with Crippen molar-refractivity contribution in [3.8, 4) is 0 Å². The second kappa shape index (κ2) is 7.13. The molecule has 0 saturated heterocycles. The lowest BCUT2D eigenvalue weighted by Gasteiger charge is -2.28. The van der Waals surface area contributed by atoms with Crippen LogP contribution in [0.25, 0.3) is 0 Å². The summed E-state index contributed by atoms with van der Waals surface area (Å²) < 4.78 is 5.49. The summed E-state index contributed by atoms with van der Waals surface area (Å²) in [6, 6.07) is 7.62. The van der Waals surface area contributed by atoms with Crippen LogP contribution in [0.15, 0.2) is 28.7 Å². The molecule has 1 saturated carbocycles. The third-order valence-corrected chi connectivity index (χ3v) is 4.61. The molecule has 1 N–H and O–H groups in total. The first kappa shape index (κ1) is 16.0. The number of hydrogen-bond donors (Lipinski definition) is 1. The van der Waals surface area contributed by atoms with E-state index in [0.717, 1.165) is 24.8 Å². The summed E-state index contributed by atoms with van der Waals surface area (Å²) in [5, 5.41) is 11.5. The normalized spacial score (nSPS) is 21.1. The van der Waals surface area contributed by atoms with Crippen molar-refractivity contribution < 1.29 is 9.21 Å². The Labute approximate surface area is 140 Å². The molecule has 0 bridgehead atoms. The molecule has 0 radical (unpaired) electrons. The molecule has 23 heavy (non-hydrogen) atoms. The zero-order valence-corrected chi connectivity index (χ0v) is 13.8. The van der Waals surface area contributed by atoms with Crippen LogP contribution >= 0.6 is 11.6 Å². The first-order valence-electron chi connectivity index (χ1n) is 7.99. The van der Waals surface area contributed by atoms with Crippen molar-refractivity contribution >= 4 is 17.5 Å². The van der Waals surface area contributed by atoms with Crippen molar-refractivity contribution in [2.75, 3.05) is 0 Å². The van der Waals surface area contributed by atoms with Gasteiger partial charge in [-0.1, -0.05) is 43.5 Å². The van der Waals surface area contributed by atoms with E-state index in [4.69, 9.17) is 16.0 Å². The van der Waals surface area contributed by atoms with Crippen LogP contribution in [-0.4, -0.2) is 22.1 Å². The van der Waals surface area contributed by atoms with Gasteiger partial charge in [0.2, 0.25) is 5.89 Å². The van der Waals surface area contributed by atoms with E-state index in [-0.39, 0.29) is 17.8 Å². The quantitative estimate of drug-likeness (QED) is 0.927. The molecule has 1 fully saturated rings. The lowest BCUT2D eigenvalue weighted by molar-refractivity contribution is 0.0873. The fourth-order valence-corrected chi connectivity index (χ4v) is 3.08. The molecule has 1 amide bonds. The Balaban J connectivity index is 1.61. The number of nitrogens with zero attached hydrogens (tertiary/aromatic N) is 2. The van der Waals surface area contributed by atoms with Crippen molar-refractivity contribution in [1.82, 2.24) is 15.5 Å². The minimum absolute atomic E-state index is 0.0340. The van der Waals surface area contributed by atoms with Crippen LogP contribution in [0.4, 0.5) is 0 Å². The maximum atomic E-state index is 12.2. The molecule has 5 nitrogen and oxygen atoms in total. The highest BCUT2D eigenvalue weighted by molar-refractivity contribution is 6.30. The zero-order valence-electron chi connectivity index (χ0n) is 13.1. The van der Waals surface area contributed by atoms with Gasteiger partial charge < -0.3 is 9.73 Å². The van der Waals surface area contributed by atoms with Gasteiger partial charge in [-0.25, -0.2) is 0 Å². The molecular formula is C17H20ClN3O2. The largest absolute Gasteiger partial charge is 0.417 e. The van der Waals surface area contributed by atoms with Crippen molar-refractivity contribution in [3.63, 3.8) is 0 Å². The first-order valence-corrected chi connectivity index (χ1v) is 8.37. The number of halogens is 1. The van der Waals surface area contributed by atoms with Crippen molar-refractivity contribution in [2.45, 2.75) is 45.1 Å². The molecule has 1 aliphatic rings. The van der Waals surface area contributed by atoms with E-state index < -0.39 is 0 Å². The standard InChI is InChI=1S/C17H20ClN3O2/c1-11-4-2-3-5-14(11)19-16(22)17-21-20-15(23-17)10-12-6-8-13(18)9-7-12/h6-9,11,14H,2-5,10H2,1H3,(H,19,22)/t11-,14-/m0/s1. The molecule has 1 heterocycles. The van der Waals surface area contributed by atoms with E-state index in [2.05, 4.69) is 22.4 Å². The molecule has 1 aliphatic carbocycles. The monoisotopic (exact) mass is 333 g/mol. The van der Waals surface area contributed by atoms with Crippen molar-refractivity contribution in [3.05, 3.63) is 46.6 Å². The highest BCUT2D eigenvalue weighted by Crippen LogP contribution is 2.24. The molecule has 6 heteroatoms. The Morgan fingerprint density at radius 2 is 2.00 bits per heavy atom. The van der Waals surface area contributed by atoms with Gasteiger partial charge in [-0.15, -0.1) is 10.2 Å². The van der Waals surface area contributed by atoms with Crippen LogP contribution in [0, 0.1) is 5.92 Å². The minimum Gasteiger partial charge on any atom is -0.417 e. The molecule has 3 rings (SSSR count). The highest BCUT2D eigenvalue weighted by Gasteiger charge is 2.25. The summed E-state index contributed by atoms with van der Waals surface area (Å²) in [6.45, 7) is 2.17. The molecule has 0 aliphatic heterocycles. The summed E-state index contributed by atoms with van der Waals surface area (Å²) in [4.78, 5) is 12.2. The first-order chi connectivity index (χ1) is 11.1. The van der Waals surface area contributed by atoms with Gasteiger partial charge in [0, 0.05) is 11.1 Å². The van der Waals surface area contributed by atoms with E-state index in [1.165, 1.54) is 6.42 Å². The third-order valence-electron chi connectivity index (χ3n) is 4.36. The van der Waals surface area contributed by atoms with Crippen LogP contribution in [0.3, 0.4) is 0 Å². The SMILES string of the molecule is C[C@H]1CCCC[C@@H]1NC(=O)c1nnc(Cc2ccc(Cl)cc2)o1.